The van der Waals surface area contributed by atoms with Crippen LogP contribution in [-0.4, -0.2) is 22.7 Å². The molecule has 9 nitrogen and oxygen atoms in total. The molecule has 1 unspecified atom stereocenters. The molecule has 138 valence electrons. The number of nitriles is 2. The van der Waals surface area contributed by atoms with Crippen LogP contribution in [0.15, 0.2) is 29.3 Å². The first-order valence-corrected chi connectivity index (χ1v) is 8.27. The molecular weight excluding hydrogens is 356 g/mol. The number of hydrogen-bond acceptors (Lipinski definition) is 9. The molecule has 7 N–H and O–H groups in total. The van der Waals surface area contributed by atoms with Crippen molar-refractivity contribution in [2.75, 3.05) is 23.4 Å². The number of nitrogens with zero attached hydrogens (tertiary/aromatic N) is 4. The van der Waals surface area contributed by atoms with Crippen molar-refractivity contribution in [3.63, 3.8) is 0 Å². The van der Waals surface area contributed by atoms with Gasteiger partial charge in [-0.05, 0) is 17.7 Å². The Balaban J connectivity index is 2.09. The molecule has 1 aliphatic rings. The number of rotatable bonds is 2. The van der Waals surface area contributed by atoms with Gasteiger partial charge in [0.15, 0.2) is 6.19 Å². The third-order valence-electron chi connectivity index (χ3n) is 4.05. The predicted octanol–water partition coefficient (Wildman–Crippen LogP) is 0.793. The number of aliphatic imine (C=N–C) groups is 1. The zero-order chi connectivity index (χ0) is 20.1. The van der Waals surface area contributed by atoms with Gasteiger partial charge in [0, 0.05) is 17.5 Å². The molecule has 2 heterocycles. The van der Waals surface area contributed by atoms with Crippen LogP contribution in [-0.2, 0) is 0 Å². The topological polar surface area (TPSA) is 169 Å². The first kappa shape index (κ1) is 18.5. The number of guanidine groups is 1. The summed E-state index contributed by atoms with van der Waals surface area (Å²) in [5, 5.41) is 32.4. The number of pyridine rings is 1. The quantitative estimate of drug-likeness (QED) is 0.293. The molecule has 1 atom stereocenters. The molecule has 1 aliphatic heterocycles. The first-order valence-electron chi connectivity index (χ1n) is 8.27. The van der Waals surface area contributed by atoms with Gasteiger partial charge in [0.1, 0.15) is 29.3 Å². The van der Waals surface area contributed by atoms with Crippen LogP contribution in [0, 0.1) is 34.6 Å². The van der Waals surface area contributed by atoms with Crippen LogP contribution < -0.4 is 22.1 Å². The number of aliphatic hydroxyl groups excluding tert-OH is 1. The van der Waals surface area contributed by atoms with Crippen molar-refractivity contribution in [3.8, 4) is 24.1 Å². The molecule has 3 rings (SSSR count). The molecule has 0 spiro atoms. The lowest BCUT2D eigenvalue weighted by atomic mass is 9.94. The number of nitrogens with two attached hydrogens (primary N) is 2. The van der Waals surface area contributed by atoms with Gasteiger partial charge in [0.05, 0.1) is 12.3 Å². The minimum absolute atomic E-state index is 0.00212. The predicted molar refractivity (Wildman–Crippen MR) is 104 cm³/mol. The Bertz CT molecular complexity index is 1080. The molecule has 0 saturated carbocycles. The molecule has 0 aliphatic carbocycles. The second kappa shape index (κ2) is 7.96. The minimum Gasteiger partial charge on any atom is -0.397 e. The zero-order valence-electron chi connectivity index (χ0n) is 14.7. The van der Waals surface area contributed by atoms with Crippen LogP contribution in [0.1, 0.15) is 34.7 Å². The highest BCUT2D eigenvalue weighted by Crippen LogP contribution is 2.40. The van der Waals surface area contributed by atoms with Gasteiger partial charge < -0.3 is 21.9 Å². The lowest BCUT2D eigenvalue weighted by molar-refractivity contribution is 0.305. The Kier molecular flexibility index (Phi) is 5.27. The van der Waals surface area contributed by atoms with Crippen LogP contribution in [0.25, 0.3) is 0 Å². The average Bonchev–Trinajstić information content (AvgIpc) is 2.68. The van der Waals surface area contributed by atoms with Crippen molar-refractivity contribution >= 4 is 23.3 Å². The van der Waals surface area contributed by atoms with E-state index >= 15 is 0 Å². The molecule has 0 fully saturated rings. The van der Waals surface area contributed by atoms with Gasteiger partial charge in [0.25, 0.3) is 0 Å². The maximum absolute atomic E-state index is 9.34. The highest BCUT2D eigenvalue weighted by Gasteiger charge is 2.29. The summed E-state index contributed by atoms with van der Waals surface area (Å²) in [5.74, 6) is 6.33. The second-order valence-corrected chi connectivity index (χ2v) is 5.80. The smallest absolute Gasteiger partial charge is 0.211 e. The summed E-state index contributed by atoms with van der Waals surface area (Å²) >= 11 is 0. The van der Waals surface area contributed by atoms with Gasteiger partial charge in [-0.3, -0.25) is 5.32 Å². The van der Waals surface area contributed by atoms with E-state index in [-0.39, 0.29) is 29.6 Å². The SMILES string of the molecule is N#CNC1=NC(c2ccc(C#CCCO)cc2)c2c(nc(N)c(C#N)c2N)N1. The summed E-state index contributed by atoms with van der Waals surface area (Å²) in [5.41, 5.74) is 14.4. The molecule has 0 saturated heterocycles. The molecule has 2 aromatic rings. The number of fused-ring (bicyclic) bond motifs is 1. The highest BCUT2D eigenvalue weighted by molar-refractivity contribution is 5.98. The lowest BCUT2D eigenvalue weighted by Crippen LogP contribution is -2.32. The van der Waals surface area contributed by atoms with Crippen molar-refractivity contribution < 1.29 is 5.11 Å². The maximum atomic E-state index is 9.34. The Morgan fingerprint density at radius 1 is 1.21 bits per heavy atom. The fraction of sp³-hybridized carbons (Fsp3) is 0.158. The number of aliphatic hydroxyl groups is 1. The van der Waals surface area contributed by atoms with Crippen LogP contribution in [0.4, 0.5) is 17.3 Å². The second-order valence-electron chi connectivity index (χ2n) is 5.80. The van der Waals surface area contributed by atoms with E-state index in [0.29, 0.717) is 17.8 Å². The van der Waals surface area contributed by atoms with Crippen molar-refractivity contribution in [2.24, 2.45) is 4.99 Å². The van der Waals surface area contributed by atoms with Crippen molar-refractivity contribution in [1.29, 1.82) is 10.5 Å². The van der Waals surface area contributed by atoms with E-state index in [1.807, 2.05) is 30.3 Å². The number of aromatic nitrogens is 1. The molecule has 1 aromatic carbocycles. The number of hydrogen-bond donors (Lipinski definition) is 5. The first-order chi connectivity index (χ1) is 13.6. The van der Waals surface area contributed by atoms with Crippen molar-refractivity contribution in [3.05, 3.63) is 46.5 Å². The third-order valence-corrected chi connectivity index (χ3v) is 4.05. The number of benzene rings is 1. The van der Waals surface area contributed by atoms with Gasteiger partial charge in [-0.15, -0.1) is 0 Å². The summed E-state index contributed by atoms with van der Waals surface area (Å²) < 4.78 is 0. The van der Waals surface area contributed by atoms with E-state index < -0.39 is 6.04 Å². The molecule has 1 aromatic heterocycles. The number of nitrogen functional groups attached to an aromatic ring is 2. The van der Waals surface area contributed by atoms with E-state index in [9.17, 15) is 5.26 Å². The molecule has 0 bridgehead atoms. The fourth-order valence-electron chi connectivity index (χ4n) is 2.79. The number of nitrogens with one attached hydrogen (secondary N) is 2. The molecule has 9 heteroatoms. The summed E-state index contributed by atoms with van der Waals surface area (Å²) in [6.45, 7) is 0.0109. The summed E-state index contributed by atoms with van der Waals surface area (Å²) in [4.78, 5) is 8.70. The Hall–Kier alpha value is -4.26. The van der Waals surface area contributed by atoms with Crippen LogP contribution >= 0.6 is 0 Å². The number of anilines is 3. The van der Waals surface area contributed by atoms with E-state index in [0.717, 1.165) is 11.1 Å². The summed E-state index contributed by atoms with van der Waals surface area (Å²) in [7, 11) is 0. The molecule has 0 radical (unpaired) electrons. The Morgan fingerprint density at radius 2 is 1.96 bits per heavy atom. The van der Waals surface area contributed by atoms with Gasteiger partial charge in [-0.1, -0.05) is 24.0 Å². The average molecular weight is 372 g/mol. The van der Waals surface area contributed by atoms with E-state index in [2.05, 4.69) is 32.5 Å². The largest absolute Gasteiger partial charge is 0.397 e. The van der Waals surface area contributed by atoms with Crippen molar-refractivity contribution in [2.45, 2.75) is 12.5 Å². The van der Waals surface area contributed by atoms with Crippen LogP contribution in [0.2, 0.25) is 0 Å². The zero-order valence-corrected chi connectivity index (χ0v) is 14.7. The summed E-state index contributed by atoms with van der Waals surface area (Å²) in [6, 6.07) is 8.68. The molecule has 0 amide bonds. The summed E-state index contributed by atoms with van der Waals surface area (Å²) in [6.07, 6.45) is 2.21. The van der Waals surface area contributed by atoms with E-state index in [4.69, 9.17) is 21.8 Å². The van der Waals surface area contributed by atoms with Gasteiger partial charge in [0.2, 0.25) is 5.96 Å². The van der Waals surface area contributed by atoms with Gasteiger partial charge >= 0.3 is 0 Å². The van der Waals surface area contributed by atoms with Crippen LogP contribution in [0.3, 0.4) is 0 Å². The Labute approximate surface area is 161 Å². The maximum Gasteiger partial charge on any atom is 0.211 e. The fourth-order valence-corrected chi connectivity index (χ4v) is 2.79. The van der Waals surface area contributed by atoms with Gasteiger partial charge in [-0.25, -0.2) is 9.98 Å². The van der Waals surface area contributed by atoms with E-state index in [1.165, 1.54) is 0 Å². The van der Waals surface area contributed by atoms with Crippen molar-refractivity contribution in [1.82, 2.24) is 10.3 Å². The highest BCUT2D eigenvalue weighted by atomic mass is 16.2. The third kappa shape index (κ3) is 3.49. The molecule has 28 heavy (non-hydrogen) atoms. The molecular formula is C19H16N8O. The normalized spacial score (nSPS) is 14.2. The van der Waals surface area contributed by atoms with Gasteiger partial charge in [-0.2, -0.15) is 10.5 Å². The monoisotopic (exact) mass is 372 g/mol. The van der Waals surface area contributed by atoms with Crippen LogP contribution in [0.5, 0.6) is 0 Å². The van der Waals surface area contributed by atoms with E-state index in [1.54, 1.807) is 6.19 Å². The standard InChI is InChI=1S/C19H16N8O/c20-9-13-15(22)14-16(12-6-4-11(5-7-12)3-1-2-8-28)25-19(24-10-21)27-18(14)26-17(13)23/h4-7,16,28H,2,8H2,(H6,22,23,24,25,26,27). The lowest BCUT2D eigenvalue weighted by Gasteiger charge is -2.26. The minimum atomic E-state index is -0.591. The Morgan fingerprint density at radius 3 is 2.61 bits per heavy atom.